The third-order valence-corrected chi connectivity index (χ3v) is 4.71. The molecule has 7 nitrogen and oxygen atoms in total. The minimum Gasteiger partial charge on any atom is -0.465 e. The zero-order chi connectivity index (χ0) is 20.3. The molecule has 1 heterocycles. The van der Waals surface area contributed by atoms with E-state index >= 15 is 0 Å². The number of hydrogen-bond acceptors (Lipinski definition) is 7. The Hall–Kier alpha value is -3.61. The molecule has 0 atom stereocenters. The van der Waals surface area contributed by atoms with Gasteiger partial charge in [0.15, 0.2) is 11.6 Å². The van der Waals surface area contributed by atoms with Crippen LogP contribution in [0.2, 0.25) is 0 Å². The predicted molar refractivity (Wildman–Crippen MR) is 111 cm³/mol. The third-order valence-electron chi connectivity index (χ3n) is 4.71. The molecule has 0 fully saturated rings. The van der Waals surface area contributed by atoms with E-state index in [0.29, 0.717) is 28.6 Å². The summed E-state index contributed by atoms with van der Waals surface area (Å²) in [6.07, 6.45) is 1.44. The van der Waals surface area contributed by atoms with Gasteiger partial charge in [-0.15, -0.1) is 0 Å². The number of anilines is 5. The number of para-hydroxylation sites is 1. The van der Waals surface area contributed by atoms with Gasteiger partial charge in [0, 0.05) is 12.7 Å². The molecule has 3 aromatic rings. The summed E-state index contributed by atoms with van der Waals surface area (Å²) in [6.45, 7) is 4.08. The summed E-state index contributed by atoms with van der Waals surface area (Å²) in [5, 5.41) is 3.28. The van der Waals surface area contributed by atoms with Gasteiger partial charge in [-0.3, -0.25) is 0 Å². The van der Waals surface area contributed by atoms with E-state index in [9.17, 15) is 4.79 Å². The first-order valence-electron chi connectivity index (χ1n) is 8.78. The fraction of sp³-hybridized carbons (Fsp3) is 0.190. The van der Waals surface area contributed by atoms with Crippen LogP contribution in [-0.2, 0) is 4.74 Å². The molecule has 0 radical (unpaired) electrons. The lowest BCUT2D eigenvalue weighted by Crippen LogP contribution is -2.18. The van der Waals surface area contributed by atoms with Gasteiger partial charge in [0.05, 0.1) is 18.4 Å². The normalized spacial score (nSPS) is 10.4. The molecule has 0 spiro atoms. The molecule has 7 heteroatoms. The third kappa shape index (κ3) is 3.59. The number of nitrogens with one attached hydrogen (secondary N) is 1. The van der Waals surface area contributed by atoms with E-state index in [2.05, 4.69) is 15.3 Å². The highest BCUT2D eigenvalue weighted by Gasteiger charge is 2.19. The van der Waals surface area contributed by atoms with Crippen molar-refractivity contribution in [1.29, 1.82) is 0 Å². The van der Waals surface area contributed by atoms with Crippen molar-refractivity contribution < 1.29 is 9.53 Å². The molecule has 0 bridgehead atoms. The maximum Gasteiger partial charge on any atom is 0.339 e. The largest absolute Gasteiger partial charge is 0.465 e. The van der Waals surface area contributed by atoms with Gasteiger partial charge >= 0.3 is 5.97 Å². The zero-order valence-electron chi connectivity index (χ0n) is 16.4. The van der Waals surface area contributed by atoms with Crippen LogP contribution in [0, 0.1) is 13.8 Å². The SMILES string of the molecule is COC(=O)c1ccccc1N(C)c1ncnc(Nc2cccc(C)c2C)c1N. The van der Waals surface area contributed by atoms with E-state index in [1.807, 2.05) is 44.2 Å². The number of aromatic nitrogens is 2. The summed E-state index contributed by atoms with van der Waals surface area (Å²) in [5.74, 6) is 0.559. The Morgan fingerprint density at radius 3 is 2.61 bits per heavy atom. The van der Waals surface area contributed by atoms with Crippen molar-refractivity contribution in [3.05, 3.63) is 65.5 Å². The quantitative estimate of drug-likeness (QED) is 0.650. The summed E-state index contributed by atoms with van der Waals surface area (Å²) >= 11 is 0. The van der Waals surface area contributed by atoms with Crippen molar-refractivity contribution in [1.82, 2.24) is 9.97 Å². The van der Waals surface area contributed by atoms with Crippen molar-refractivity contribution in [3.8, 4) is 0 Å². The van der Waals surface area contributed by atoms with Crippen molar-refractivity contribution in [2.45, 2.75) is 13.8 Å². The first-order chi connectivity index (χ1) is 13.4. The summed E-state index contributed by atoms with van der Waals surface area (Å²) in [6, 6.07) is 13.1. The van der Waals surface area contributed by atoms with E-state index in [4.69, 9.17) is 10.5 Å². The second-order valence-corrected chi connectivity index (χ2v) is 6.40. The maximum atomic E-state index is 12.1. The van der Waals surface area contributed by atoms with Crippen LogP contribution in [0.4, 0.5) is 28.7 Å². The van der Waals surface area contributed by atoms with Crippen LogP contribution < -0.4 is 16.0 Å². The van der Waals surface area contributed by atoms with Crippen molar-refractivity contribution >= 4 is 34.7 Å². The van der Waals surface area contributed by atoms with Crippen molar-refractivity contribution in [2.24, 2.45) is 0 Å². The predicted octanol–water partition coefficient (Wildman–Crippen LogP) is 3.97. The van der Waals surface area contributed by atoms with Gasteiger partial charge in [-0.1, -0.05) is 24.3 Å². The molecule has 0 unspecified atom stereocenters. The van der Waals surface area contributed by atoms with Gasteiger partial charge in [0.1, 0.15) is 12.0 Å². The number of nitrogen functional groups attached to an aromatic ring is 1. The number of hydrogen-bond donors (Lipinski definition) is 2. The molecule has 144 valence electrons. The summed E-state index contributed by atoms with van der Waals surface area (Å²) in [4.78, 5) is 22.5. The number of benzene rings is 2. The first-order valence-corrected chi connectivity index (χ1v) is 8.78. The Morgan fingerprint density at radius 1 is 1.11 bits per heavy atom. The van der Waals surface area contributed by atoms with Gasteiger partial charge in [-0.25, -0.2) is 14.8 Å². The summed E-state index contributed by atoms with van der Waals surface area (Å²) < 4.78 is 4.88. The molecule has 1 aromatic heterocycles. The Morgan fingerprint density at radius 2 is 1.86 bits per heavy atom. The molecule has 2 aromatic carbocycles. The van der Waals surface area contributed by atoms with Crippen molar-refractivity contribution in [3.63, 3.8) is 0 Å². The van der Waals surface area contributed by atoms with Crippen LogP contribution in [0.3, 0.4) is 0 Å². The Kier molecular flexibility index (Phi) is 5.44. The van der Waals surface area contributed by atoms with Crippen LogP contribution in [-0.4, -0.2) is 30.1 Å². The van der Waals surface area contributed by atoms with E-state index in [1.165, 1.54) is 19.0 Å². The number of rotatable bonds is 5. The Bertz CT molecular complexity index is 1020. The number of ether oxygens (including phenoxy) is 1. The molecule has 0 amide bonds. The number of methoxy groups -OCH3 is 1. The topological polar surface area (TPSA) is 93.4 Å². The molecule has 28 heavy (non-hydrogen) atoms. The van der Waals surface area contributed by atoms with E-state index in [0.717, 1.165) is 11.3 Å². The molecular formula is C21H23N5O2. The molecule has 3 N–H and O–H groups in total. The minimum absolute atomic E-state index is 0.380. The second-order valence-electron chi connectivity index (χ2n) is 6.40. The summed E-state index contributed by atoms with van der Waals surface area (Å²) in [7, 11) is 3.15. The second kappa shape index (κ2) is 7.96. The van der Waals surface area contributed by atoms with Gasteiger partial charge in [0.25, 0.3) is 0 Å². The number of nitrogens with zero attached hydrogens (tertiary/aromatic N) is 3. The minimum atomic E-state index is -0.427. The molecular weight excluding hydrogens is 354 g/mol. The van der Waals surface area contributed by atoms with Crippen LogP contribution in [0.1, 0.15) is 21.5 Å². The molecule has 0 aliphatic heterocycles. The number of nitrogens with two attached hydrogens (primary N) is 1. The Labute approximate surface area is 164 Å². The maximum absolute atomic E-state index is 12.1. The number of carbonyl (C=O) groups is 1. The highest BCUT2D eigenvalue weighted by molar-refractivity contribution is 5.97. The average Bonchev–Trinajstić information content (AvgIpc) is 2.71. The zero-order valence-corrected chi connectivity index (χ0v) is 16.4. The molecule has 0 saturated carbocycles. The van der Waals surface area contributed by atoms with Gasteiger partial charge in [-0.2, -0.15) is 0 Å². The molecule has 0 aliphatic carbocycles. The van der Waals surface area contributed by atoms with Crippen LogP contribution in [0.25, 0.3) is 0 Å². The molecule has 0 aliphatic rings. The highest BCUT2D eigenvalue weighted by Crippen LogP contribution is 2.34. The fourth-order valence-corrected chi connectivity index (χ4v) is 2.93. The van der Waals surface area contributed by atoms with E-state index < -0.39 is 5.97 Å². The van der Waals surface area contributed by atoms with Crippen LogP contribution >= 0.6 is 0 Å². The van der Waals surface area contributed by atoms with E-state index in [-0.39, 0.29) is 0 Å². The van der Waals surface area contributed by atoms with Crippen molar-refractivity contribution in [2.75, 3.05) is 30.1 Å². The van der Waals surface area contributed by atoms with Gasteiger partial charge in [0.2, 0.25) is 0 Å². The standard InChI is InChI=1S/C21H23N5O2/c1-13-8-7-10-16(14(13)2)25-19-18(22)20(24-12-23-19)26(3)17-11-6-5-9-15(17)21(27)28-4/h5-12H,22H2,1-4H3,(H,23,24,25). The number of aryl methyl sites for hydroxylation is 1. The monoisotopic (exact) mass is 377 g/mol. The smallest absolute Gasteiger partial charge is 0.339 e. The lowest BCUT2D eigenvalue weighted by molar-refractivity contribution is 0.0601. The average molecular weight is 377 g/mol. The molecule has 3 rings (SSSR count). The fourth-order valence-electron chi connectivity index (χ4n) is 2.93. The van der Waals surface area contributed by atoms with E-state index in [1.54, 1.807) is 24.1 Å². The molecule has 0 saturated heterocycles. The Balaban J connectivity index is 2.00. The van der Waals surface area contributed by atoms with Crippen LogP contribution in [0.5, 0.6) is 0 Å². The van der Waals surface area contributed by atoms with Gasteiger partial charge in [-0.05, 0) is 43.2 Å². The highest BCUT2D eigenvalue weighted by atomic mass is 16.5. The van der Waals surface area contributed by atoms with Crippen LogP contribution in [0.15, 0.2) is 48.8 Å². The first kappa shape index (κ1) is 19.2. The lowest BCUT2D eigenvalue weighted by atomic mass is 10.1. The number of carbonyl (C=O) groups excluding carboxylic acids is 1. The number of esters is 1. The lowest BCUT2D eigenvalue weighted by Gasteiger charge is -2.23. The summed E-state index contributed by atoms with van der Waals surface area (Å²) in [5.41, 5.74) is 11.0. The van der Waals surface area contributed by atoms with Gasteiger partial charge < -0.3 is 20.7 Å².